The van der Waals surface area contributed by atoms with E-state index in [2.05, 4.69) is 40.2 Å². The SMILES string of the molecule is Cc1nn(-c2ccc(C3CNNC3)cc2)c(=O)n1CCc1ccccc1. The molecule has 2 N–H and O–H groups in total. The zero-order chi connectivity index (χ0) is 17.9. The van der Waals surface area contributed by atoms with Crippen molar-refractivity contribution in [3.05, 3.63) is 82.0 Å². The Labute approximate surface area is 152 Å². The smallest absolute Gasteiger partial charge is 0.278 e. The predicted molar refractivity (Wildman–Crippen MR) is 101 cm³/mol. The maximum Gasteiger partial charge on any atom is 0.350 e. The van der Waals surface area contributed by atoms with Crippen LogP contribution in [0.2, 0.25) is 0 Å². The highest BCUT2D eigenvalue weighted by atomic mass is 16.2. The molecule has 26 heavy (non-hydrogen) atoms. The van der Waals surface area contributed by atoms with Crippen LogP contribution < -0.4 is 16.5 Å². The molecule has 0 unspecified atom stereocenters. The van der Waals surface area contributed by atoms with E-state index < -0.39 is 0 Å². The lowest BCUT2D eigenvalue weighted by molar-refractivity contribution is 0.646. The zero-order valence-electron chi connectivity index (χ0n) is 14.9. The third kappa shape index (κ3) is 3.34. The maximum absolute atomic E-state index is 12.8. The standard InChI is InChI=1S/C20H23N5O/c1-15-23-25(19-9-7-17(8-10-19)18-13-21-22-14-18)20(26)24(15)12-11-16-5-3-2-4-6-16/h2-10,18,21-22H,11-14H2,1H3. The van der Waals surface area contributed by atoms with Crippen molar-refractivity contribution >= 4 is 0 Å². The Kier molecular flexibility index (Phi) is 4.69. The quantitative estimate of drug-likeness (QED) is 0.737. The van der Waals surface area contributed by atoms with Gasteiger partial charge in [-0.3, -0.25) is 15.4 Å². The third-order valence-corrected chi connectivity index (χ3v) is 4.95. The van der Waals surface area contributed by atoms with Gasteiger partial charge >= 0.3 is 5.69 Å². The highest BCUT2D eigenvalue weighted by Gasteiger charge is 2.17. The summed E-state index contributed by atoms with van der Waals surface area (Å²) in [6, 6.07) is 18.3. The first-order chi connectivity index (χ1) is 12.7. The number of hydrogen-bond donors (Lipinski definition) is 2. The van der Waals surface area contributed by atoms with E-state index in [9.17, 15) is 4.79 Å². The lowest BCUT2D eigenvalue weighted by atomic mass is 10.0. The maximum atomic E-state index is 12.8. The molecule has 0 atom stereocenters. The molecule has 0 amide bonds. The van der Waals surface area contributed by atoms with Crippen LogP contribution in [-0.4, -0.2) is 27.4 Å². The van der Waals surface area contributed by atoms with Crippen LogP contribution in [0, 0.1) is 6.92 Å². The molecule has 1 saturated heterocycles. The molecule has 6 nitrogen and oxygen atoms in total. The van der Waals surface area contributed by atoms with Crippen molar-refractivity contribution in [2.24, 2.45) is 0 Å². The second-order valence-corrected chi connectivity index (χ2v) is 6.68. The zero-order valence-corrected chi connectivity index (χ0v) is 14.9. The Morgan fingerprint density at radius 3 is 2.42 bits per heavy atom. The monoisotopic (exact) mass is 349 g/mol. The van der Waals surface area contributed by atoms with E-state index in [1.165, 1.54) is 15.8 Å². The van der Waals surface area contributed by atoms with Crippen LogP contribution in [0.4, 0.5) is 0 Å². The minimum Gasteiger partial charge on any atom is -0.278 e. The number of hydrazine groups is 1. The first-order valence-electron chi connectivity index (χ1n) is 8.99. The van der Waals surface area contributed by atoms with Crippen molar-refractivity contribution in [2.45, 2.75) is 25.8 Å². The summed E-state index contributed by atoms with van der Waals surface area (Å²) >= 11 is 0. The number of aromatic nitrogens is 3. The van der Waals surface area contributed by atoms with Crippen LogP contribution in [0.3, 0.4) is 0 Å². The van der Waals surface area contributed by atoms with Gasteiger partial charge in [0.1, 0.15) is 5.82 Å². The van der Waals surface area contributed by atoms with E-state index in [0.717, 1.165) is 31.0 Å². The Hall–Kier alpha value is -2.70. The summed E-state index contributed by atoms with van der Waals surface area (Å²) in [5.41, 5.74) is 9.49. The van der Waals surface area contributed by atoms with Gasteiger partial charge in [0.25, 0.3) is 0 Å². The van der Waals surface area contributed by atoms with Crippen LogP contribution in [0.5, 0.6) is 0 Å². The molecule has 2 aromatic carbocycles. The van der Waals surface area contributed by atoms with Gasteiger partial charge in [0.2, 0.25) is 0 Å². The molecule has 0 saturated carbocycles. The summed E-state index contributed by atoms with van der Waals surface area (Å²) in [7, 11) is 0. The largest absolute Gasteiger partial charge is 0.350 e. The minimum atomic E-state index is -0.0876. The molecule has 0 aliphatic carbocycles. The number of rotatable bonds is 5. The molecule has 2 heterocycles. The average molecular weight is 349 g/mol. The number of benzene rings is 2. The summed E-state index contributed by atoms with van der Waals surface area (Å²) in [5, 5.41) is 4.46. The molecule has 1 aromatic heterocycles. The highest BCUT2D eigenvalue weighted by Crippen LogP contribution is 2.18. The van der Waals surface area contributed by atoms with Crippen molar-refractivity contribution in [1.82, 2.24) is 25.2 Å². The van der Waals surface area contributed by atoms with Crippen LogP contribution in [0.25, 0.3) is 5.69 Å². The molecule has 1 fully saturated rings. The molecule has 4 rings (SSSR count). The fraction of sp³-hybridized carbons (Fsp3) is 0.300. The molecule has 0 radical (unpaired) electrons. The fourth-order valence-electron chi connectivity index (χ4n) is 3.39. The van der Waals surface area contributed by atoms with Crippen molar-refractivity contribution in [3.63, 3.8) is 0 Å². The van der Waals surface area contributed by atoms with Crippen LogP contribution in [0.15, 0.2) is 59.4 Å². The van der Waals surface area contributed by atoms with Gasteiger partial charge in [-0.05, 0) is 36.6 Å². The number of nitrogens with one attached hydrogen (secondary N) is 2. The molecule has 1 aliphatic heterocycles. The normalized spacial score (nSPS) is 14.8. The Morgan fingerprint density at radius 2 is 1.73 bits per heavy atom. The van der Waals surface area contributed by atoms with E-state index in [1.807, 2.05) is 37.3 Å². The predicted octanol–water partition coefficient (Wildman–Crippen LogP) is 1.78. The van der Waals surface area contributed by atoms with Gasteiger partial charge in [0, 0.05) is 25.6 Å². The number of nitrogens with zero attached hydrogens (tertiary/aromatic N) is 3. The Bertz CT molecular complexity index is 921. The van der Waals surface area contributed by atoms with Crippen molar-refractivity contribution in [2.75, 3.05) is 13.1 Å². The summed E-state index contributed by atoms with van der Waals surface area (Å²) in [4.78, 5) is 12.8. The van der Waals surface area contributed by atoms with Gasteiger partial charge < -0.3 is 0 Å². The molecule has 1 aliphatic rings. The topological polar surface area (TPSA) is 63.9 Å². The van der Waals surface area contributed by atoms with Gasteiger partial charge in [-0.1, -0.05) is 42.5 Å². The van der Waals surface area contributed by atoms with Crippen LogP contribution in [0.1, 0.15) is 22.9 Å². The minimum absolute atomic E-state index is 0.0876. The number of hydrogen-bond acceptors (Lipinski definition) is 4. The van der Waals surface area contributed by atoms with Gasteiger partial charge in [0.15, 0.2) is 0 Å². The first kappa shape index (κ1) is 16.8. The first-order valence-corrected chi connectivity index (χ1v) is 8.99. The van der Waals surface area contributed by atoms with Gasteiger partial charge in [-0.2, -0.15) is 9.78 Å². The van der Waals surface area contributed by atoms with Crippen molar-refractivity contribution in [1.29, 1.82) is 0 Å². The summed E-state index contributed by atoms with van der Waals surface area (Å²) in [5.74, 6) is 1.20. The second kappa shape index (κ2) is 7.27. The van der Waals surface area contributed by atoms with E-state index in [4.69, 9.17) is 0 Å². The van der Waals surface area contributed by atoms with E-state index in [1.54, 1.807) is 4.57 Å². The summed E-state index contributed by atoms with van der Waals surface area (Å²) in [6.07, 6.45) is 0.813. The lowest BCUT2D eigenvalue weighted by Crippen LogP contribution is -2.25. The van der Waals surface area contributed by atoms with Crippen molar-refractivity contribution in [3.8, 4) is 5.69 Å². The van der Waals surface area contributed by atoms with Gasteiger partial charge in [-0.15, -0.1) is 0 Å². The third-order valence-electron chi connectivity index (χ3n) is 4.95. The molecular weight excluding hydrogens is 326 g/mol. The van der Waals surface area contributed by atoms with Crippen LogP contribution >= 0.6 is 0 Å². The molecule has 134 valence electrons. The Balaban J connectivity index is 1.54. The summed E-state index contributed by atoms with van der Waals surface area (Å²) < 4.78 is 3.24. The molecule has 3 aromatic rings. The molecule has 6 heteroatoms. The van der Waals surface area contributed by atoms with E-state index in [-0.39, 0.29) is 5.69 Å². The highest BCUT2D eigenvalue weighted by molar-refractivity contribution is 5.35. The van der Waals surface area contributed by atoms with E-state index in [0.29, 0.717) is 12.5 Å². The van der Waals surface area contributed by atoms with Gasteiger partial charge in [0.05, 0.1) is 5.69 Å². The molecule has 0 bridgehead atoms. The average Bonchev–Trinajstić information content (AvgIpc) is 3.30. The molecule has 0 spiro atoms. The summed E-state index contributed by atoms with van der Waals surface area (Å²) in [6.45, 7) is 4.36. The Morgan fingerprint density at radius 1 is 1.04 bits per heavy atom. The lowest BCUT2D eigenvalue weighted by Gasteiger charge is -2.08. The second-order valence-electron chi connectivity index (χ2n) is 6.68. The van der Waals surface area contributed by atoms with Crippen molar-refractivity contribution < 1.29 is 0 Å². The molecular formula is C20H23N5O. The number of aryl methyl sites for hydroxylation is 2. The van der Waals surface area contributed by atoms with E-state index >= 15 is 0 Å². The van der Waals surface area contributed by atoms with Gasteiger partial charge in [-0.25, -0.2) is 4.79 Å². The van der Waals surface area contributed by atoms with Crippen LogP contribution in [-0.2, 0) is 13.0 Å². The fourth-order valence-corrected chi connectivity index (χ4v) is 3.39.